The lowest BCUT2D eigenvalue weighted by Gasteiger charge is -2.25. The molecule has 4 rings (SSSR count). The van der Waals surface area contributed by atoms with Gasteiger partial charge in [-0.25, -0.2) is 0 Å². The second kappa shape index (κ2) is 7.63. The first-order chi connectivity index (χ1) is 13.1. The Morgan fingerprint density at radius 1 is 0.815 bits per heavy atom. The van der Waals surface area contributed by atoms with Gasteiger partial charge in [0.15, 0.2) is 0 Å². The summed E-state index contributed by atoms with van der Waals surface area (Å²) in [4.78, 5) is 2.35. The summed E-state index contributed by atoms with van der Waals surface area (Å²) < 4.78 is 1.84. The standard InChI is InChI=1S/C22H19Cl2N3/c1-26-15-18-12-21(10-11-22(18)25-26)27(13-16-2-6-19(23)7-3-16)14-17-4-8-20(24)9-5-17/h2-12,15H,13-14H2,1H3. The van der Waals surface area contributed by atoms with Gasteiger partial charge in [-0.1, -0.05) is 47.5 Å². The van der Waals surface area contributed by atoms with Crippen molar-refractivity contribution in [1.82, 2.24) is 9.78 Å². The van der Waals surface area contributed by atoms with Gasteiger partial charge in [-0.2, -0.15) is 5.10 Å². The van der Waals surface area contributed by atoms with Crippen LogP contribution in [0.1, 0.15) is 11.1 Å². The van der Waals surface area contributed by atoms with Gasteiger partial charge in [0.1, 0.15) is 0 Å². The Bertz CT molecular complexity index is 1010. The van der Waals surface area contributed by atoms with Gasteiger partial charge in [0.05, 0.1) is 5.52 Å². The molecule has 0 aliphatic rings. The van der Waals surface area contributed by atoms with E-state index in [9.17, 15) is 0 Å². The molecule has 1 aromatic heterocycles. The summed E-state index contributed by atoms with van der Waals surface area (Å²) in [5, 5.41) is 7.10. The smallest absolute Gasteiger partial charge is 0.0924 e. The predicted octanol–water partition coefficient (Wildman–Crippen LogP) is 6.09. The number of aryl methyl sites for hydroxylation is 1. The number of benzene rings is 3. The minimum Gasteiger partial charge on any atom is -0.363 e. The molecule has 0 fully saturated rings. The lowest BCUT2D eigenvalue weighted by molar-refractivity contribution is 0.780. The van der Waals surface area contributed by atoms with Gasteiger partial charge >= 0.3 is 0 Å². The van der Waals surface area contributed by atoms with E-state index in [2.05, 4.69) is 52.5 Å². The van der Waals surface area contributed by atoms with Crippen LogP contribution in [0.4, 0.5) is 5.69 Å². The molecular formula is C22H19Cl2N3. The monoisotopic (exact) mass is 395 g/mol. The normalized spacial score (nSPS) is 11.1. The topological polar surface area (TPSA) is 21.1 Å². The van der Waals surface area contributed by atoms with Crippen LogP contribution in [0.15, 0.2) is 72.9 Å². The quantitative estimate of drug-likeness (QED) is 0.407. The molecule has 0 N–H and O–H groups in total. The number of anilines is 1. The van der Waals surface area contributed by atoms with Crippen LogP contribution in [0, 0.1) is 0 Å². The van der Waals surface area contributed by atoms with Crippen molar-refractivity contribution < 1.29 is 0 Å². The van der Waals surface area contributed by atoms with Gasteiger partial charge in [0, 0.05) is 47.5 Å². The fourth-order valence-electron chi connectivity index (χ4n) is 3.19. The maximum absolute atomic E-state index is 6.04. The summed E-state index contributed by atoms with van der Waals surface area (Å²) in [6.45, 7) is 1.57. The molecule has 0 radical (unpaired) electrons. The maximum atomic E-state index is 6.04. The van der Waals surface area contributed by atoms with E-state index in [-0.39, 0.29) is 0 Å². The third-order valence-electron chi connectivity index (χ3n) is 4.54. The van der Waals surface area contributed by atoms with E-state index < -0.39 is 0 Å². The van der Waals surface area contributed by atoms with Crippen molar-refractivity contribution in [2.45, 2.75) is 13.1 Å². The Morgan fingerprint density at radius 2 is 1.37 bits per heavy atom. The van der Waals surface area contributed by atoms with Gasteiger partial charge in [-0.15, -0.1) is 0 Å². The van der Waals surface area contributed by atoms with Crippen LogP contribution in [0.3, 0.4) is 0 Å². The highest BCUT2D eigenvalue weighted by atomic mass is 35.5. The zero-order valence-corrected chi connectivity index (χ0v) is 16.5. The van der Waals surface area contributed by atoms with Crippen LogP contribution in [-0.2, 0) is 20.1 Å². The molecule has 3 nitrogen and oxygen atoms in total. The summed E-state index contributed by atoms with van der Waals surface area (Å²) in [5.74, 6) is 0. The van der Waals surface area contributed by atoms with E-state index >= 15 is 0 Å². The number of halogens is 2. The SMILES string of the molecule is Cn1cc2cc(N(Cc3ccc(Cl)cc3)Cc3ccc(Cl)cc3)ccc2n1. The molecule has 27 heavy (non-hydrogen) atoms. The van der Waals surface area contributed by atoms with E-state index in [0.29, 0.717) is 0 Å². The maximum Gasteiger partial charge on any atom is 0.0924 e. The summed E-state index contributed by atoms with van der Waals surface area (Å²) in [7, 11) is 1.94. The molecule has 0 atom stereocenters. The average molecular weight is 396 g/mol. The minimum absolute atomic E-state index is 0.750. The molecule has 0 spiro atoms. The molecule has 0 bridgehead atoms. The molecular weight excluding hydrogens is 377 g/mol. The number of hydrogen-bond acceptors (Lipinski definition) is 2. The second-order valence-electron chi connectivity index (χ2n) is 6.65. The van der Waals surface area contributed by atoms with Gasteiger partial charge in [-0.3, -0.25) is 4.68 Å². The van der Waals surface area contributed by atoms with Crippen LogP contribution >= 0.6 is 23.2 Å². The molecule has 1 heterocycles. The highest BCUT2D eigenvalue weighted by Gasteiger charge is 2.11. The van der Waals surface area contributed by atoms with Crippen molar-refractivity contribution in [3.8, 4) is 0 Å². The van der Waals surface area contributed by atoms with Crippen LogP contribution in [0.2, 0.25) is 10.0 Å². The van der Waals surface area contributed by atoms with E-state index in [1.54, 1.807) is 0 Å². The van der Waals surface area contributed by atoms with Crippen LogP contribution in [-0.4, -0.2) is 9.78 Å². The molecule has 0 saturated heterocycles. The van der Waals surface area contributed by atoms with Crippen molar-refractivity contribution in [3.05, 3.63) is 94.1 Å². The number of fused-ring (bicyclic) bond motifs is 1. The minimum atomic E-state index is 0.750. The van der Waals surface area contributed by atoms with E-state index in [0.717, 1.165) is 39.7 Å². The lowest BCUT2D eigenvalue weighted by atomic mass is 10.1. The summed E-state index contributed by atoms with van der Waals surface area (Å²) in [6.07, 6.45) is 2.04. The molecule has 0 unspecified atom stereocenters. The Balaban J connectivity index is 1.68. The first-order valence-electron chi connectivity index (χ1n) is 8.74. The summed E-state index contributed by atoms with van der Waals surface area (Å²) in [5.41, 5.74) is 4.57. The second-order valence-corrected chi connectivity index (χ2v) is 7.53. The fourth-order valence-corrected chi connectivity index (χ4v) is 3.44. The third-order valence-corrected chi connectivity index (χ3v) is 5.04. The van der Waals surface area contributed by atoms with Gasteiger partial charge in [0.2, 0.25) is 0 Å². The van der Waals surface area contributed by atoms with Crippen LogP contribution < -0.4 is 4.90 Å². The van der Waals surface area contributed by atoms with E-state index in [1.165, 1.54) is 11.1 Å². The molecule has 4 aromatic rings. The number of nitrogens with zero attached hydrogens (tertiary/aromatic N) is 3. The van der Waals surface area contributed by atoms with Crippen molar-refractivity contribution >= 4 is 39.8 Å². The van der Waals surface area contributed by atoms with Crippen molar-refractivity contribution in [3.63, 3.8) is 0 Å². The largest absolute Gasteiger partial charge is 0.363 e. The summed E-state index contributed by atoms with van der Waals surface area (Å²) in [6, 6.07) is 22.4. The van der Waals surface area contributed by atoms with Gasteiger partial charge < -0.3 is 4.90 Å². The van der Waals surface area contributed by atoms with E-state index in [1.807, 2.05) is 42.2 Å². The van der Waals surface area contributed by atoms with Gasteiger partial charge in [0.25, 0.3) is 0 Å². The molecule has 0 aliphatic heterocycles. The number of rotatable bonds is 5. The van der Waals surface area contributed by atoms with Gasteiger partial charge in [-0.05, 0) is 53.6 Å². The third kappa shape index (κ3) is 4.26. The molecule has 0 aliphatic carbocycles. The predicted molar refractivity (Wildman–Crippen MR) is 114 cm³/mol. The van der Waals surface area contributed by atoms with Crippen molar-refractivity contribution in [1.29, 1.82) is 0 Å². The zero-order valence-electron chi connectivity index (χ0n) is 14.9. The molecule has 0 saturated carbocycles. The van der Waals surface area contributed by atoms with E-state index in [4.69, 9.17) is 23.2 Å². The first-order valence-corrected chi connectivity index (χ1v) is 9.50. The zero-order chi connectivity index (χ0) is 18.8. The highest BCUT2D eigenvalue weighted by molar-refractivity contribution is 6.30. The Kier molecular flexibility index (Phi) is 5.06. The molecule has 0 amide bonds. The fraction of sp³-hybridized carbons (Fsp3) is 0.136. The highest BCUT2D eigenvalue weighted by Crippen LogP contribution is 2.25. The van der Waals surface area contributed by atoms with Crippen molar-refractivity contribution in [2.75, 3.05) is 4.90 Å². The first kappa shape index (κ1) is 17.9. The Labute approximate surface area is 168 Å². The van der Waals surface area contributed by atoms with Crippen molar-refractivity contribution in [2.24, 2.45) is 7.05 Å². The molecule has 136 valence electrons. The number of aromatic nitrogens is 2. The molecule has 3 aromatic carbocycles. The average Bonchev–Trinajstić information content (AvgIpc) is 3.04. The Morgan fingerprint density at radius 3 is 1.93 bits per heavy atom. The Hall–Kier alpha value is -2.49. The lowest BCUT2D eigenvalue weighted by Crippen LogP contribution is -2.22. The summed E-state index contributed by atoms with van der Waals surface area (Å²) >= 11 is 12.1. The number of hydrogen-bond donors (Lipinski definition) is 0. The van der Waals surface area contributed by atoms with Crippen LogP contribution in [0.5, 0.6) is 0 Å². The molecule has 5 heteroatoms. The van der Waals surface area contributed by atoms with Crippen LogP contribution in [0.25, 0.3) is 10.9 Å².